The summed E-state index contributed by atoms with van der Waals surface area (Å²) in [6, 6.07) is 16.5. The van der Waals surface area contributed by atoms with Crippen molar-refractivity contribution in [1.82, 2.24) is 0 Å². The number of thiophene rings is 1. The Kier molecular flexibility index (Phi) is 6.82. The van der Waals surface area contributed by atoms with Gasteiger partial charge in [0.05, 0.1) is 5.69 Å². The van der Waals surface area contributed by atoms with Crippen molar-refractivity contribution in [2.75, 3.05) is 4.90 Å². The molecule has 37 heavy (non-hydrogen) atoms. The van der Waals surface area contributed by atoms with E-state index in [0.717, 1.165) is 47.1 Å². The minimum absolute atomic E-state index is 0.0252. The van der Waals surface area contributed by atoms with Gasteiger partial charge >= 0.3 is 5.97 Å². The van der Waals surface area contributed by atoms with E-state index in [0.29, 0.717) is 22.9 Å². The minimum atomic E-state index is -1.03. The number of phenolic OH excluding ortho intramolecular Hbond substituents is 1. The number of hydrogen-bond acceptors (Lipinski definition) is 5. The normalized spacial score (nSPS) is 17.8. The molecule has 2 heterocycles. The molecule has 6 nitrogen and oxygen atoms in total. The summed E-state index contributed by atoms with van der Waals surface area (Å²) in [5.74, 6) is 0.301. The van der Waals surface area contributed by atoms with Gasteiger partial charge in [-0.25, -0.2) is 4.79 Å². The second-order valence-electron chi connectivity index (χ2n) is 10.3. The standard InChI is InChI=1S/C30H31NO5S/c1-17(2)31(29(33)21-9-7-18(3)8-10-21)23-16-26(37-28(23)30(34)35)20-13-11-19(12-14-20)25-15-22-5-4-6-24(32)27(22)36-25/h4-6,11-18,21,32H,7-10H2,1-3H3,(H,34,35). The van der Waals surface area contributed by atoms with Gasteiger partial charge in [0.25, 0.3) is 0 Å². The summed E-state index contributed by atoms with van der Waals surface area (Å²) < 4.78 is 5.86. The molecule has 2 N–H and O–H groups in total. The van der Waals surface area contributed by atoms with E-state index >= 15 is 0 Å². The molecule has 2 aromatic heterocycles. The van der Waals surface area contributed by atoms with Crippen LogP contribution in [0.1, 0.15) is 56.1 Å². The molecule has 1 aliphatic carbocycles. The highest BCUT2D eigenvalue weighted by Gasteiger charge is 2.33. The summed E-state index contributed by atoms with van der Waals surface area (Å²) in [4.78, 5) is 28.5. The van der Waals surface area contributed by atoms with Crippen molar-refractivity contribution in [2.24, 2.45) is 11.8 Å². The number of amides is 1. The van der Waals surface area contributed by atoms with Gasteiger partial charge in [0, 0.05) is 27.8 Å². The fraction of sp³-hybridized carbons (Fsp3) is 0.333. The van der Waals surface area contributed by atoms with Gasteiger partial charge in [-0.2, -0.15) is 0 Å². The molecule has 1 fully saturated rings. The Balaban J connectivity index is 1.46. The molecule has 0 spiro atoms. The molecule has 0 atom stereocenters. The van der Waals surface area contributed by atoms with Gasteiger partial charge in [-0.15, -0.1) is 11.3 Å². The lowest BCUT2D eigenvalue weighted by atomic mass is 9.82. The van der Waals surface area contributed by atoms with E-state index in [4.69, 9.17) is 4.42 Å². The summed E-state index contributed by atoms with van der Waals surface area (Å²) in [6.07, 6.45) is 3.76. The van der Waals surface area contributed by atoms with E-state index in [2.05, 4.69) is 6.92 Å². The molecule has 0 unspecified atom stereocenters. The van der Waals surface area contributed by atoms with E-state index in [9.17, 15) is 19.8 Å². The van der Waals surface area contributed by atoms with Crippen LogP contribution < -0.4 is 4.90 Å². The zero-order chi connectivity index (χ0) is 26.3. The van der Waals surface area contributed by atoms with E-state index in [-0.39, 0.29) is 28.5 Å². The highest BCUT2D eigenvalue weighted by atomic mass is 32.1. The third-order valence-corrected chi connectivity index (χ3v) is 8.42. The number of furan rings is 1. The number of benzene rings is 2. The van der Waals surface area contributed by atoms with E-state index < -0.39 is 5.97 Å². The van der Waals surface area contributed by atoms with Gasteiger partial charge in [-0.3, -0.25) is 4.79 Å². The average molecular weight is 518 g/mol. The number of para-hydroxylation sites is 1. The highest BCUT2D eigenvalue weighted by Crippen LogP contribution is 2.41. The molecular formula is C30H31NO5S. The van der Waals surface area contributed by atoms with E-state index in [1.807, 2.05) is 56.3 Å². The number of aromatic hydroxyl groups is 1. The Morgan fingerprint density at radius 1 is 1.00 bits per heavy atom. The number of carbonyl (C=O) groups is 2. The molecule has 0 radical (unpaired) electrons. The second-order valence-corrected chi connectivity index (χ2v) is 11.3. The van der Waals surface area contributed by atoms with Crippen molar-refractivity contribution >= 4 is 39.9 Å². The van der Waals surface area contributed by atoms with Crippen LogP contribution in [0.25, 0.3) is 32.7 Å². The predicted octanol–water partition coefficient (Wildman–Crippen LogP) is 7.80. The van der Waals surface area contributed by atoms with Crippen molar-refractivity contribution in [1.29, 1.82) is 0 Å². The van der Waals surface area contributed by atoms with Gasteiger partial charge in [-0.1, -0.05) is 43.3 Å². The van der Waals surface area contributed by atoms with Crippen LogP contribution in [-0.4, -0.2) is 28.1 Å². The van der Waals surface area contributed by atoms with Gasteiger partial charge in [0.15, 0.2) is 11.3 Å². The lowest BCUT2D eigenvalue weighted by Gasteiger charge is -2.33. The molecule has 1 amide bonds. The first-order valence-corrected chi connectivity index (χ1v) is 13.6. The molecule has 0 bridgehead atoms. The van der Waals surface area contributed by atoms with Crippen molar-refractivity contribution in [3.63, 3.8) is 0 Å². The summed E-state index contributed by atoms with van der Waals surface area (Å²) in [6.45, 7) is 6.09. The van der Waals surface area contributed by atoms with Gasteiger partial charge in [0.2, 0.25) is 5.91 Å². The Morgan fingerprint density at radius 3 is 2.30 bits per heavy atom. The number of aromatic carboxylic acids is 1. The largest absolute Gasteiger partial charge is 0.504 e. The Bertz CT molecular complexity index is 1440. The molecular weight excluding hydrogens is 486 g/mol. The highest BCUT2D eigenvalue weighted by molar-refractivity contribution is 7.18. The van der Waals surface area contributed by atoms with Crippen LogP contribution in [0.15, 0.2) is 59.0 Å². The molecule has 2 aromatic carbocycles. The molecule has 4 aromatic rings. The third-order valence-electron chi connectivity index (χ3n) is 7.26. The molecule has 0 saturated heterocycles. The fourth-order valence-corrected chi connectivity index (χ4v) is 6.19. The number of carbonyl (C=O) groups excluding carboxylic acids is 1. The van der Waals surface area contributed by atoms with Crippen LogP contribution in [0, 0.1) is 11.8 Å². The van der Waals surface area contributed by atoms with Crippen LogP contribution in [0.2, 0.25) is 0 Å². The monoisotopic (exact) mass is 517 g/mol. The third kappa shape index (κ3) is 4.88. The van der Waals surface area contributed by atoms with Crippen LogP contribution in [0.5, 0.6) is 5.75 Å². The SMILES string of the molecule is CC1CCC(C(=O)N(c2cc(-c3ccc(-c4cc5cccc(O)c5o4)cc3)sc2C(=O)O)C(C)C)CC1. The van der Waals surface area contributed by atoms with E-state index in [1.54, 1.807) is 17.0 Å². The number of carboxylic acid groups (broad SMARTS) is 1. The molecule has 0 aliphatic heterocycles. The van der Waals surface area contributed by atoms with Gasteiger partial charge in [0.1, 0.15) is 10.6 Å². The van der Waals surface area contributed by atoms with Crippen LogP contribution in [0.3, 0.4) is 0 Å². The number of hydrogen-bond donors (Lipinski definition) is 2. The van der Waals surface area contributed by atoms with Crippen molar-refractivity contribution < 1.29 is 24.2 Å². The summed E-state index contributed by atoms with van der Waals surface area (Å²) in [5, 5.41) is 20.9. The smallest absolute Gasteiger partial charge is 0.348 e. The zero-order valence-corrected chi connectivity index (χ0v) is 22.0. The number of phenols is 1. The Morgan fingerprint density at radius 2 is 1.68 bits per heavy atom. The molecule has 1 aliphatic rings. The molecule has 5 rings (SSSR count). The number of nitrogens with zero attached hydrogens (tertiary/aromatic N) is 1. The van der Waals surface area contributed by atoms with Gasteiger partial charge < -0.3 is 19.5 Å². The maximum absolute atomic E-state index is 13.6. The zero-order valence-electron chi connectivity index (χ0n) is 21.2. The summed E-state index contributed by atoms with van der Waals surface area (Å²) in [5.41, 5.74) is 2.63. The lowest BCUT2D eigenvalue weighted by Crippen LogP contribution is -2.42. The van der Waals surface area contributed by atoms with Crippen molar-refractivity contribution in [2.45, 2.75) is 52.5 Å². The van der Waals surface area contributed by atoms with Gasteiger partial charge in [-0.05, 0) is 69.2 Å². The van der Waals surface area contributed by atoms with Crippen molar-refractivity contribution in [3.8, 4) is 27.5 Å². The summed E-state index contributed by atoms with van der Waals surface area (Å²) in [7, 11) is 0. The topological polar surface area (TPSA) is 91.0 Å². The Labute approximate surface area is 220 Å². The number of carboxylic acids is 1. The first-order chi connectivity index (χ1) is 17.7. The number of rotatable bonds is 6. The van der Waals surface area contributed by atoms with Crippen LogP contribution >= 0.6 is 11.3 Å². The predicted molar refractivity (Wildman–Crippen MR) is 147 cm³/mol. The first kappa shape index (κ1) is 25.1. The van der Waals surface area contributed by atoms with Crippen molar-refractivity contribution in [3.05, 3.63) is 59.5 Å². The summed E-state index contributed by atoms with van der Waals surface area (Å²) >= 11 is 1.19. The average Bonchev–Trinajstić information content (AvgIpc) is 3.50. The molecule has 7 heteroatoms. The molecule has 1 saturated carbocycles. The maximum atomic E-state index is 13.6. The molecule has 192 valence electrons. The Hall–Kier alpha value is -3.58. The van der Waals surface area contributed by atoms with E-state index in [1.165, 1.54) is 11.3 Å². The maximum Gasteiger partial charge on any atom is 0.348 e. The second kappa shape index (κ2) is 10.1. The number of anilines is 1. The minimum Gasteiger partial charge on any atom is -0.504 e. The van der Waals surface area contributed by atoms with Crippen LogP contribution in [-0.2, 0) is 4.79 Å². The fourth-order valence-electron chi connectivity index (χ4n) is 5.20. The number of fused-ring (bicyclic) bond motifs is 1. The first-order valence-electron chi connectivity index (χ1n) is 12.8. The lowest BCUT2D eigenvalue weighted by molar-refractivity contribution is -0.123. The quantitative estimate of drug-likeness (QED) is 0.272. The van der Waals surface area contributed by atoms with Crippen LogP contribution in [0.4, 0.5) is 5.69 Å².